The van der Waals surface area contributed by atoms with Crippen molar-refractivity contribution in [1.29, 1.82) is 0 Å². The summed E-state index contributed by atoms with van der Waals surface area (Å²) < 4.78 is 12.0. The number of aryl methyl sites for hydroxylation is 1. The lowest BCUT2D eigenvalue weighted by molar-refractivity contribution is -0.121. The molecular weight excluding hydrogens is 336 g/mol. The van der Waals surface area contributed by atoms with Crippen LogP contribution in [0.1, 0.15) is 18.2 Å². The molecule has 4 rings (SSSR count). The van der Waals surface area contributed by atoms with Crippen LogP contribution in [0.25, 0.3) is 11.3 Å². The zero-order valence-corrected chi connectivity index (χ0v) is 14.6. The number of anilines is 1. The van der Waals surface area contributed by atoms with E-state index in [1.54, 1.807) is 10.9 Å². The topological polar surface area (TPSA) is 69.0 Å². The first-order chi connectivity index (χ1) is 12.2. The van der Waals surface area contributed by atoms with Gasteiger partial charge < -0.3 is 10.1 Å². The Morgan fingerprint density at radius 2 is 2.16 bits per heavy atom. The highest BCUT2D eigenvalue weighted by Gasteiger charge is 2.37. The second-order valence-corrected chi connectivity index (χ2v) is 6.80. The van der Waals surface area contributed by atoms with Gasteiger partial charge in [-0.05, 0) is 24.0 Å². The Kier molecular flexibility index (Phi) is 4.33. The fraction of sp³-hybridized carbons (Fsp3) is 0.278. The maximum atomic E-state index is 12.7. The number of nitrogens with zero attached hydrogens (tertiary/aromatic N) is 3. The monoisotopic (exact) mass is 354 g/mol. The minimum absolute atomic E-state index is 0.0352. The minimum atomic E-state index is -0.256. The number of aromatic nitrogens is 3. The van der Waals surface area contributed by atoms with Crippen LogP contribution in [0.2, 0.25) is 0 Å². The highest BCUT2D eigenvalue weighted by molar-refractivity contribution is 7.10. The van der Waals surface area contributed by atoms with Gasteiger partial charge in [-0.25, -0.2) is 0 Å². The lowest BCUT2D eigenvalue weighted by Gasteiger charge is -2.17. The lowest BCUT2D eigenvalue weighted by Crippen LogP contribution is -2.26. The number of hydrogen-bond donors (Lipinski definition) is 1. The van der Waals surface area contributed by atoms with Gasteiger partial charge in [0.05, 0.1) is 17.3 Å². The van der Waals surface area contributed by atoms with Crippen molar-refractivity contribution in [1.82, 2.24) is 14.2 Å². The van der Waals surface area contributed by atoms with Crippen LogP contribution in [0, 0.1) is 5.92 Å². The van der Waals surface area contributed by atoms with Crippen LogP contribution in [0.5, 0.6) is 0 Å². The molecule has 25 heavy (non-hydrogen) atoms. The molecule has 3 aromatic rings. The molecule has 2 atom stereocenters. The molecule has 1 fully saturated rings. The largest absolute Gasteiger partial charge is 0.371 e. The van der Waals surface area contributed by atoms with Crippen molar-refractivity contribution in [2.75, 3.05) is 11.9 Å². The van der Waals surface area contributed by atoms with E-state index in [1.807, 2.05) is 49.5 Å². The average molecular weight is 354 g/mol. The molecule has 0 bridgehead atoms. The van der Waals surface area contributed by atoms with E-state index in [4.69, 9.17) is 4.74 Å². The Morgan fingerprint density at radius 3 is 2.92 bits per heavy atom. The molecule has 1 aromatic carbocycles. The lowest BCUT2D eigenvalue weighted by atomic mass is 9.98. The number of nitrogens with one attached hydrogen (secondary N) is 1. The molecule has 3 heterocycles. The molecular formula is C18H18N4O2S. The van der Waals surface area contributed by atoms with E-state index in [2.05, 4.69) is 14.8 Å². The predicted molar refractivity (Wildman–Crippen MR) is 96.2 cm³/mol. The molecule has 1 amide bonds. The van der Waals surface area contributed by atoms with Crippen LogP contribution in [0.3, 0.4) is 0 Å². The number of benzene rings is 1. The van der Waals surface area contributed by atoms with Gasteiger partial charge in [0, 0.05) is 31.5 Å². The van der Waals surface area contributed by atoms with Crippen LogP contribution in [0.4, 0.5) is 5.00 Å². The second-order valence-electron chi connectivity index (χ2n) is 6.00. The number of carbonyl (C=O) groups excluding carboxylic acids is 1. The molecule has 7 heteroatoms. The number of ether oxygens (including phenoxy) is 1. The third-order valence-corrected chi connectivity index (χ3v) is 5.11. The van der Waals surface area contributed by atoms with E-state index in [9.17, 15) is 4.79 Å². The smallest absolute Gasteiger partial charge is 0.231 e. The van der Waals surface area contributed by atoms with Crippen LogP contribution < -0.4 is 5.32 Å². The Bertz CT molecular complexity index is 874. The number of hydrogen-bond acceptors (Lipinski definition) is 5. The molecule has 6 nitrogen and oxygen atoms in total. The highest BCUT2D eigenvalue weighted by atomic mass is 32.1. The molecule has 1 saturated heterocycles. The standard InChI is InChI=1S/C18H18N4O2S/c1-22-15(7-9-19-22)17-13(8-10-24-17)18(23)20-16-11-14(21-25-16)12-5-3-2-4-6-12/h2-7,9,11,13,17H,8,10H2,1H3,(H,20,23)/t13-,17-/m1/s1. The van der Waals surface area contributed by atoms with Crippen molar-refractivity contribution in [3.05, 3.63) is 54.4 Å². The van der Waals surface area contributed by atoms with Gasteiger partial charge >= 0.3 is 0 Å². The van der Waals surface area contributed by atoms with Crippen molar-refractivity contribution in [3.8, 4) is 11.3 Å². The van der Waals surface area contributed by atoms with Crippen molar-refractivity contribution in [2.24, 2.45) is 13.0 Å². The van der Waals surface area contributed by atoms with Crippen molar-refractivity contribution in [3.63, 3.8) is 0 Å². The summed E-state index contributed by atoms with van der Waals surface area (Å²) in [5.41, 5.74) is 2.83. The highest BCUT2D eigenvalue weighted by Crippen LogP contribution is 2.35. The van der Waals surface area contributed by atoms with Gasteiger partial charge in [-0.15, -0.1) is 0 Å². The van der Waals surface area contributed by atoms with Crippen LogP contribution >= 0.6 is 11.5 Å². The zero-order chi connectivity index (χ0) is 17.2. The van der Waals surface area contributed by atoms with Gasteiger partial charge in [-0.2, -0.15) is 9.47 Å². The predicted octanol–water partition coefficient (Wildman–Crippen LogP) is 3.26. The van der Waals surface area contributed by atoms with Crippen molar-refractivity contribution in [2.45, 2.75) is 12.5 Å². The van der Waals surface area contributed by atoms with E-state index < -0.39 is 0 Å². The number of amides is 1. The molecule has 2 aromatic heterocycles. The molecule has 0 spiro atoms. The van der Waals surface area contributed by atoms with Crippen LogP contribution in [0.15, 0.2) is 48.7 Å². The quantitative estimate of drug-likeness (QED) is 0.781. The van der Waals surface area contributed by atoms with Crippen LogP contribution in [-0.2, 0) is 16.6 Å². The molecule has 0 unspecified atom stereocenters. The zero-order valence-electron chi connectivity index (χ0n) is 13.8. The normalized spacial score (nSPS) is 19.9. The summed E-state index contributed by atoms with van der Waals surface area (Å²) >= 11 is 1.29. The summed E-state index contributed by atoms with van der Waals surface area (Å²) in [7, 11) is 1.86. The van der Waals surface area contributed by atoms with Gasteiger partial charge in [0.15, 0.2) is 0 Å². The second kappa shape index (κ2) is 6.78. The Labute approximate surface area is 149 Å². The number of rotatable bonds is 4. The van der Waals surface area contributed by atoms with Crippen LogP contribution in [-0.4, -0.2) is 26.7 Å². The van der Waals surface area contributed by atoms with E-state index in [0.717, 1.165) is 22.0 Å². The first-order valence-electron chi connectivity index (χ1n) is 8.15. The molecule has 1 N–H and O–H groups in total. The molecule has 1 aliphatic rings. The summed E-state index contributed by atoms with van der Waals surface area (Å²) in [4.78, 5) is 12.7. The minimum Gasteiger partial charge on any atom is -0.371 e. The van der Waals surface area contributed by atoms with Gasteiger partial charge in [-0.1, -0.05) is 30.3 Å². The van der Waals surface area contributed by atoms with Gasteiger partial charge in [0.1, 0.15) is 11.1 Å². The van der Waals surface area contributed by atoms with Crippen molar-refractivity contribution < 1.29 is 9.53 Å². The van der Waals surface area contributed by atoms with Crippen molar-refractivity contribution >= 4 is 22.4 Å². The summed E-state index contributed by atoms with van der Waals surface area (Å²) in [6.45, 7) is 0.575. The molecule has 0 saturated carbocycles. The first-order valence-corrected chi connectivity index (χ1v) is 8.92. The van der Waals surface area contributed by atoms with E-state index >= 15 is 0 Å². The first kappa shape index (κ1) is 16.0. The van der Waals surface area contributed by atoms with Gasteiger partial charge in [0.2, 0.25) is 5.91 Å². The SMILES string of the molecule is Cn1nccc1[C@@H]1OCC[C@H]1C(=O)Nc1cc(-c2ccccc2)ns1. The maximum Gasteiger partial charge on any atom is 0.231 e. The number of carbonyl (C=O) groups is 1. The molecule has 1 aliphatic heterocycles. The Balaban J connectivity index is 1.49. The maximum absolute atomic E-state index is 12.7. The fourth-order valence-electron chi connectivity index (χ4n) is 3.11. The van der Waals surface area contributed by atoms with E-state index in [0.29, 0.717) is 13.0 Å². The van der Waals surface area contributed by atoms with E-state index in [-0.39, 0.29) is 17.9 Å². The average Bonchev–Trinajstić information content (AvgIpc) is 3.35. The summed E-state index contributed by atoms with van der Waals surface area (Å²) in [5, 5.41) is 7.92. The molecule has 0 aliphatic carbocycles. The third-order valence-electron chi connectivity index (χ3n) is 4.40. The fourth-order valence-corrected chi connectivity index (χ4v) is 3.77. The Hall–Kier alpha value is -2.51. The third kappa shape index (κ3) is 3.20. The van der Waals surface area contributed by atoms with Gasteiger partial charge in [0.25, 0.3) is 0 Å². The summed E-state index contributed by atoms with van der Waals surface area (Å²) in [6, 6.07) is 13.7. The Morgan fingerprint density at radius 1 is 1.32 bits per heavy atom. The molecule has 128 valence electrons. The van der Waals surface area contributed by atoms with E-state index in [1.165, 1.54) is 11.5 Å². The summed E-state index contributed by atoms with van der Waals surface area (Å²) in [6.07, 6.45) is 2.17. The summed E-state index contributed by atoms with van der Waals surface area (Å²) in [5.74, 6) is -0.260. The molecule has 0 radical (unpaired) electrons. The van der Waals surface area contributed by atoms with Gasteiger partial charge in [-0.3, -0.25) is 9.48 Å².